The van der Waals surface area contributed by atoms with Crippen molar-refractivity contribution in [1.82, 2.24) is 9.47 Å². The first-order chi connectivity index (χ1) is 12.6. The molecule has 2 aliphatic rings. The van der Waals surface area contributed by atoms with Crippen LogP contribution in [0, 0.1) is 5.92 Å². The lowest BCUT2D eigenvalue weighted by atomic mass is 9.83. The van der Waals surface area contributed by atoms with Gasteiger partial charge in [0.2, 0.25) is 0 Å². The minimum Gasteiger partial charge on any atom is -0.494 e. The van der Waals surface area contributed by atoms with Crippen LogP contribution in [0.1, 0.15) is 25.0 Å². The van der Waals surface area contributed by atoms with E-state index in [2.05, 4.69) is 5.32 Å². The molecule has 2 amide bonds. The summed E-state index contributed by atoms with van der Waals surface area (Å²) < 4.78 is 7.30. The molecule has 1 aromatic carbocycles. The van der Waals surface area contributed by atoms with Crippen molar-refractivity contribution in [2.24, 2.45) is 5.92 Å². The molecule has 2 bridgehead atoms. The van der Waals surface area contributed by atoms with Crippen molar-refractivity contribution in [3.8, 4) is 5.75 Å². The quantitative estimate of drug-likeness (QED) is 0.923. The summed E-state index contributed by atoms with van der Waals surface area (Å²) in [6.45, 7) is 4.57. The zero-order valence-corrected chi connectivity index (χ0v) is 14.9. The van der Waals surface area contributed by atoms with Crippen LogP contribution in [0.4, 0.5) is 10.5 Å². The minimum atomic E-state index is -0.0874. The number of fused-ring (bicyclic) bond motifs is 4. The maximum atomic E-state index is 12.7. The fourth-order valence-corrected chi connectivity index (χ4v) is 4.07. The number of piperidine rings is 1. The van der Waals surface area contributed by atoms with Crippen LogP contribution in [-0.2, 0) is 6.54 Å². The van der Waals surface area contributed by atoms with E-state index in [1.807, 2.05) is 52.8 Å². The molecule has 2 atom stereocenters. The number of pyridine rings is 1. The summed E-state index contributed by atoms with van der Waals surface area (Å²) in [5.41, 5.74) is 1.86. The molecule has 2 aromatic rings. The van der Waals surface area contributed by atoms with Gasteiger partial charge in [-0.1, -0.05) is 6.07 Å². The lowest BCUT2D eigenvalue weighted by Crippen LogP contribution is -2.50. The molecule has 1 N–H and O–H groups in total. The lowest BCUT2D eigenvalue weighted by molar-refractivity contribution is 0.139. The Labute approximate surface area is 152 Å². The number of carbonyl (C=O) groups excluding carboxylic acids is 1. The van der Waals surface area contributed by atoms with Crippen LogP contribution in [0.3, 0.4) is 0 Å². The average molecular weight is 353 g/mol. The Balaban J connectivity index is 1.46. The van der Waals surface area contributed by atoms with Gasteiger partial charge in [0, 0.05) is 43.0 Å². The monoisotopic (exact) mass is 353 g/mol. The topological polar surface area (TPSA) is 63.6 Å². The molecule has 0 saturated carbocycles. The molecule has 4 rings (SSSR count). The number of nitrogens with one attached hydrogen (secondary N) is 1. The number of hydrogen-bond acceptors (Lipinski definition) is 3. The van der Waals surface area contributed by atoms with Gasteiger partial charge in [-0.25, -0.2) is 4.79 Å². The Morgan fingerprint density at radius 1 is 1.15 bits per heavy atom. The summed E-state index contributed by atoms with van der Waals surface area (Å²) in [4.78, 5) is 26.7. The van der Waals surface area contributed by atoms with Crippen LogP contribution in [0.5, 0.6) is 5.75 Å². The highest BCUT2D eigenvalue weighted by atomic mass is 16.5. The van der Waals surface area contributed by atoms with Crippen LogP contribution < -0.4 is 15.6 Å². The second kappa shape index (κ2) is 6.86. The van der Waals surface area contributed by atoms with Crippen molar-refractivity contribution in [2.75, 3.05) is 25.0 Å². The summed E-state index contributed by atoms with van der Waals surface area (Å²) in [7, 11) is 0. The predicted octanol–water partition coefficient (Wildman–Crippen LogP) is 2.90. The predicted molar refractivity (Wildman–Crippen MR) is 99.8 cm³/mol. The molecule has 1 saturated heterocycles. The summed E-state index contributed by atoms with van der Waals surface area (Å²) in [6.07, 6.45) is 1.04. The van der Waals surface area contributed by atoms with Gasteiger partial charge in [-0.05, 0) is 49.6 Å². The Kier molecular flexibility index (Phi) is 4.41. The molecule has 2 aliphatic heterocycles. The second-order valence-electron chi connectivity index (χ2n) is 6.99. The number of rotatable bonds is 3. The molecule has 6 heteroatoms. The summed E-state index contributed by atoms with van der Waals surface area (Å²) >= 11 is 0. The average Bonchev–Trinajstić information content (AvgIpc) is 2.64. The molecule has 0 spiro atoms. The van der Waals surface area contributed by atoms with Crippen molar-refractivity contribution in [3.05, 3.63) is 58.5 Å². The molecule has 0 aliphatic carbocycles. The highest BCUT2D eigenvalue weighted by Crippen LogP contribution is 2.35. The smallest absolute Gasteiger partial charge is 0.321 e. The van der Waals surface area contributed by atoms with Gasteiger partial charge in [-0.3, -0.25) is 4.79 Å². The summed E-state index contributed by atoms with van der Waals surface area (Å²) in [5.74, 6) is 1.34. The normalized spacial score (nSPS) is 21.0. The molecule has 136 valence electrons. The van der Waals surface area contributed by atoms with E-state index in [0.29, 0.717) is 32.2 Å². The van der Waals surface area contributed by atoms with Crippen LogP contribution >= 0.6 is 0 Å². The Morgan fingerprint density at radius 2 is 1.96 bits per heavy atom. The van der Waals surface area contributed by atoms with Crippen molar-refractivity contribution < 1.29 is 9.53 Å². The maximum absolute atomic E-state index is 12.7. The van der Waals surface area contributed by atoms with Gasteiger partial charge in [-0.15, -0.1) is 0 Å². The molecule has 1 aromatic heterocycles. The molecule has 0 radical (unpaired) electrons. The lowest BCUT2D eigenvalue weighted by Gasteiger charge is -2.42. The number of anilines is 1. The van der Waals surface area contributed by atoms with Crippen LogP contribution in [-0.4, -0.2) is 35.2 Å². The van der Waals surface area contributed by atoms with Gasteiger partial charge in [-0.2, -0.15) is 0 Å². The highest BCUT2D eigenvalue weighted by Gasteiger charge is 2.36. The van der Waals surface area contributed by atoms with Crippen LogP contribution in [0.25, 0.3) is 0 Å². The van der Waals surface area contributed by atoms with Gasteiger partial charge in [0.05, 0.1) is 6.61 Å². The van der Waals surface area contributed by atoms with Gasteiger partial charge in [0.1, 0.15) is 5.75 Å². The second-order valence-corrected chi connectivity index (χ2v) is 6.99. The summed E-state index contributed by atoms with van der Waals surface area (Å²) in [6, 6.07) is 12.8. The highest BCUT2D eigenvalue weighted by molar-refractivity contribution is 5.89. The van der Waals surface area contributed by atoms with Gasteiger partial charge >= 0.3 is 6.03 Å². The zero-order chi connectivity index (χ0) is 18.1. The van der Waals surface area contributed by atoms with E-state index in [1.165, 1.54) is 0 Å². The number of benzene rings is 1. The van der Waals surface area contributed by atoms with E-state index >= 15 is 0 Å². The number of urea groups is 1. The Bertz CT molecular complexity index is 859. The Morgan fingerprint density at radius 3 is 2.73 bits per heavy atom. The van der Waals surface area contributed by atoms with Gasteiger partial charge < -0.3 is 19.5 Å². The number of carbonyl (C=O) groups is 1. The number of aromatic nitrogens is 1. The third-order valence-corrected chi connectivity index (χ3v) is 5.18. The standard InChI is InChI=1S/C20H23N3O3/c1-2-26-17-8-6-16(7-9-17)21-20(25)22-11-14-10-15(13-22)18-4-3-5-19(24)23(18)12-14/h3-9,14-15H,2,10-13H2,1H3,(H,21,25)/t14-,15-/m0/s1. The molecule has 3 heterocycles. The number of hydrogen-bond donors (Lipinski definition) is 1. The van der Waals surface area contributed by atoms with E-state index in [9.17, 15) is 9.59 Å². The van der Waals surface area contributed by atoms with Gasteiger partial charge in [0.15, 0.2) is 0 Å². The first-order valence-corrected chi connectivity index (χ1v) is 9.12. The first-order valence-electron chi connectivity index (χ1n) is 9.12. The largest absolute Gasteiger partial charge is 0.494 e. The van der Waals surface area contributed by atoms with Crippen molar-refractivity contribution in [2.45, 2.75) is 25.8 Å². The first kappa shape index (κ1) is 16.7. The van der Waals surface area contributed by atoms with E-state index in [-0.39, 0.29) is 17.5 Å². The number of nitrogens with zero attached hydrogens (tertiary/aromatic N) is 2. The maximum Gasteiger partial charge on any atom is 0.321 e. The number of likely N-dealkylation sites (tertiary alicyclic amines) is 1. The number of ether oxygens (including phenoxy) is 1. The molecule has 26 heavy (non-hydrogen) atoms. The van der Waals surface area contributed by atoms with Crippen molar-refractivity contribution in [1.29, 1.82) is 0 Å². The summed E-state index contributed by atoms with van der Waals surface area (Å²) in [5, 5.41) is 2.97. The number of amides is 2. The molecular formula is C20H23N3O3. The van der Waals surface area contributed by atoms with Crippen LogP contribution in [0.15, 0.2) is 47.3 Å². The van der Waals surface area contributed by atoms with E-state index in [0.717, 1.165) is 23.6 Å². The molecule has 0 unspecified atom stereocenters. The van der Waals surface area contributed by atoms with E-state index < -0.39 is 0 Å². The van der Waals surface area contributed by atoms with Crippen molar-refractivity contribution in [3.63, 3.8) is 0 Å². The third kappa shape index (κ3) is 3.19. The Hall–Kier alpha value is -2.76. The van der Waals surface area contributed by atoms with Crippen molar-refractivity contribution >= 4 is 11.7 Å². The third-order valence-electron chi connectivity index (χ3n) is 5.18. The minimum absolute atomic E-state index is 0.0597. The SMILES string of the molecule is CCOc1ccc(NC(=O)N2C[C@@H]3C[C@@H](C2)c2cccc(=O)n2C3)cc1. The zero-order valence-electron chi connectivity index (χ0n) is 14.9. The fraction of sp³-hybridized carbons (Fsp3) is 0.400. The fourth-order valence-electron chi connectivity index (χ4n) is 4.07. The molecule has 1 fully saturated rings. The van der Waals surface area contributed by atoms with E-state index in [4.69, 9.17) is 4.74 Å². The van der Waals surface area contributed by atoms with E-state index in [1.54, 1.807) is 6.07 Å². The molecule has 6 nitrogen and oxygen atoms in total. The molecular weight excluding hydrogens is 330 g/mol. The van der Waals surface area contributed by atoms with Crippen LogP contribution in [0.2, 0.25) is 0 Å². The van der Waals surface area contributed by atoms with Gasteiger partial charge in [0.25, 0.3) is 5.56 Å².